The number of nitrogens with one attached hydrogen (secondary N) is 1. The van der Waals surface area contributed by atoms with Crippen molar-refractivity contribution in [2.24, 2.45) is 5.73 Å². The zero-order valence-corrected chi connectivity index (χ0v) is 11.9. The number of nitrogens with two attached hydrogens (primary N) is 2. The number of carbonyl (C=O) groups excluding carboxylic acids is 1. The molecule has 1 aromatic rings. The first-order valence-electron chi connectivity index (χ1n) is 7.32. The zero-order chi connectivity index (χ0) is 14.4. The first-order valence-corrected chi connectivity index (χ1v) is 7.32. The number of carbonyl (C=O) groups is 1. The van der Waals surface area contributed by atoms with E-state index in [-0.39, 0.29) is 0 Å². The summed E-state index contributed by atoms with van der Waals surface area (Å²) in [5, 5.41) is 3.28. The number of anilines is 2. The lowest BCUT2D eigenvalue weighted by Gasteiger charge is -2.20. The number of hydrogen-bond donors (Lipinski definition) is 3. The van der Waals surface area contributed by atoms with Crippen molar-refractivity contribution in [1.29, 1.82) is 0 Å². The van der Waals surface area contributed by atoms with E-state index >= 15 is 0 Å². The Morgan fingerprint density at radius 3 is 2.55 bits per heavy atom. The third-order valence-electron chi connectivity index (χ3n) is 3.75. The fourth-order valence-corrected chi connectivity index (χ4v) is 2.63. The standard InChI is InChI=1S/C15H24N4O/c16-12-5-6-13(15(17)20)14(11-12)18-7-10-19-8-3-1-2-4-9-19/h5-6,11,18H,1-4,7-10,16H2,(H2,17,20). The Balaban J connectivity index is 1.89. The van der Waals surface area contributed by atoms with Crippen molar-refractivity contribution in [3.8, 4) is 0 Å². The lowest BCUT2D eigenvalue weighted by atomic mass is 10.1. The molecule has 0 aliphatic carbocycles. The highest BCUT2D eigenvalue weighted by Crippen LogP contribution is 2.18. The number of primary amides is 1. The second-order valence-corrected chi connectivity index (χ2v) is 5.35. The van der Waals surface area contributed by atoms with Gasteiger partial charge in [-0.25, -0.2) is 0 Å². The van der Waals surface area contributed by atoms with Gasteiger partial charge < -0.3 is 21.7 Å². The van der Waals surface area contributed by atoms with Crippen LogP contribution in [-0.2, 0) is 0 Å². The van der Waals surface area contributed by atoms with Gasteiger partial charge in [-0.05, 0) is 44.1 Å². The molecule has 0 saturated carbocycles. The maximum atomic E-state index is 11.4. The van der Waals surface area contributed by atoms with Gasteiger partial charge in [-0.1, -0.05) is 12.8 Å². The van der Waals surface area contributed by atoms with Crippen molar-refractivity contribution in [3.05, 3.63) is 23.8 Å². The molecule has 1 amide bonds. The SMILES string of the molecule is NC(=O)c1ccc(N)cc1NCCN1CCCCCC1. The molecule has 0 radical (unpaired) electrons. The molecule has 5 N–H and O–H groups in total. The van der Waals surface area contributed by atoms with Gasteiger partial charge in [0.05, 0.1) is 5.56 Å². The Labute approximate surface area is 120 Å². The quantitative estimate of drug-likeness (QED) is 0.714. The summed E-state index contributed by atoms with van der Waals surface area (Å²) in [6.45, 7) is 4.11. The van der Waals surface area contributed by atoms with E-state index in [1.54, 1.807) is 18.2 Å². The molecule has 5 heteroatoms. The highest BCUT2D eigenvalue weighted by Gasteiger charge is 2.10. The first-order chi connectivity index (χ1) is 9.66. The van der Waals surface area contributed by atoms with Crippen LogP contribution in [-0.4, -0.2) is 37.0 Å². The van der Waals surface area contributed by atoms with Crippen molar-refractivity contribution in [2.45, 2.75) is 25.7 Å². The van der Waals surface area contributed by atoms with E-state index in [9.17, 15) is 4.79 Å². The Morgan fingerprint density at radius 1 is 1.20 bits per heavy atom. The molecule has 1 aliphatic rings. The van der Waals surface area contributed by atoms with Crippen molar-refractivity contribution in [1.82, 2.24) is 4.90 Å². The summed E-state index contributed by atoms with van der Waals surface area (Å²) < 4.78 is 0. The fourth-order valence-electron chi connectivity index (χ4n) is 2.63. The maximum Gasteiger partial charge on any atom is 0.250 e. The normalized spacial score (nSPS) is 16.6. The largest absolute Gasteiger partial charge is 0.399 e. The maximum absolute atomic E-state index is 11.4. The molecule has 1 heterocycles. The Hall–Kier alpha value is -1.75. The van der Waals surface area contributed by atoms with E-state index in [2.05, 4.69) is 10.2 Å². The average molecular weight is 276 g/mol. The molecule has 20 heavy (non-hydrogen) atoms. The van der Waals surface area contributed by atoms with Crippen LogP contribution in [0.4, 0.5) is 11.4 Å². The van der Waals surface area contributed by atoms with Crippen LogP contribution in [0.15, 0.2) is 18.2 Å². The van der Waals surface area contributed by atoms with E-state index in [1.165, 1.54) is 38.8 Å². The van der Waals surface area contributed by atoms with Crippen LogP contribution in [0.3, 0.4) is 0 Å². The van der Waals surface area contributed by atoms with Gasteiger partial charge in [0.2, 0.25) is 0 Å². The summed E-state index contributed by atoms with van der Waals surface area (Å²) >= 11 is 0. The molecule has 1 saturated heterocycles. The van der Waals surface area contributed by atoms with Crippen LogP contribution in [0.25, 0.3) is 0 Å². The van der Waals surface area contributed by atoms with Crippen LogP contribution in [0.5, 0.6) is 0 Å². The van der Waals surface area contributed by atoms with E-state index in [0.29, 0.717) is 11.3 Å². The molecule has 0 atom stereocenters. The molecule has 0 bridgehead atoms. The third-order valence-corrected chi connectivity index (χ3v) is 3.75. The predicted octanol–water partition coefficient (Wildman–Crippen LogP) is 1.66. The van der Waals surface area contributed by atoms with Crippen LogP contribution < -0.4 is 16.8 Å². The first kappa shape index (κ1) is 14.7. The summed E-state index contributed by atoms with van der Waals surface area (Å²) in [5.41, 5.74) is 13.0. The van der Waals surface area contributed by atoms with Crippen molar-refractivity contribution in [3.63, 3.8) is 0 Å². The van der Waals surface area contributed by atoms with Crippen molar-refractivity contribution < 1.29 is 4.79 Å². The molecular formula is C15H24N4O. The number of hydrogen-bond acceptors (Lipinski definition) is 4. The van der Waals surface area contributed by atoms with E-state index in [4.69, 9.17) is 11.5 Å². The molecule has 0 unspecified atom stereocenters. The van der Waals surface area contributed by atoms with E-state index < -0.39 is 5.91 Å². The molecule has 5 nitrogen and oxygen atoms in total. The number of rotatable bonds is 5. The van der Waals surface area contributed by atoms with Gasteiger partial charge in [-0.15, -0.1) is 0 Å². The molecule has 1 aromatic carbocycles. The molecule has 0 aromatic heterocycles. The molecule has 0 spiro atoms. The van der Waals surface area contributed by atoms with Gasteiger partial charge in [0.1, 0.15) is 0 Å². The number of nitrogens with zero attached hydrogens (tertiary/aromatic N) is 1. The monoisotopic (exact) mass is 276 g/mol. The highest BCUT2D eigenvalue weighted by molar-refractivity contribution is 5.99. The second-order valence-electron chi connectivity index (χ2n) is 5.35. The lowest BCUT2D eigenvalue weighted by molar-refractivity contribution is 0.100. The zero-order valence-electron chi connectivity index (χ0n) is 11.9. The summed E-state index contributed by atoms with van der Waals surface area (Å²) in [7, 11) is 0. The van der Waals surface area contributed by atoms with Gasteiger partial charge in [-0.3, -0.25) is 4.79 Å². The van der Waals surface area contributed by atoms with Crippen LogP contribution in [0.2, 0.25) is 0 Å². The Morgan fingerprint density at radius 2 is 1.90 bits per heavy atom. The van der Waals surface area contributed by atoms with Gasteiger partial charge in [-0.2, -0.15) is 0 Å². The third kappa shape index (κ3) is 4.13. The van der Waals surface area contributed by atoms with Crippen molar-refractivity contribution >= 4 is 17.3 Å². The second kappa shape index (κ2) is 7.14. The summed E-state index contributed by atoms with van der Waals surface area (Å²) in [5.74, 6) is -0.428. The average Bonchev–Trinajstić information content (AvgIpc) is 2.67. The molecule has 1 fully saturated rings. The smallest absolute Gasteiger partial charge is 0.250 e. The number of nitrogen functional groups attached to an aromatic ring is 1. The molecule has 1 aliphatic heterocycles. The fraction of sp³-hybridized carbons (Fsp3) is 0.533. The minimum absolute atomic E-state index is 0.428. The van der Waals surface area contributed by atoms with Gasteiger partial charge in [0.25, 0.3) is 5.91 Å². The molecule has 2 rings (SSSR count). The minimum atomic E-state index is -0.428. The predicted molar refractivity (Wildman–Crippen MR) is 82.8 cm³/mol. The minimum Gasteiger partial charge on any atom is -0.399 e. The summed E-state index contributed by atoms with van der Waals surface area (Å²) in [6, 6.07) is 5.13. The number of amides is 1. The topological polar surface area (TPSA) is 84.4 Å². The number of likely N-dealkylation sites (tertiary alicyclic amines) is 1. The molecular weight excluding hydrogens is 252 g/mol. The summed E-state index contributed by atoms with van der Waals surface area (Å²) in [4.78, 5) is 13.8. The van der Waals surface area contributed by atoms with Crippen LogP contribution >= 0.6 is 0 Å². The lowest BCUT2D eigenvalue weighted by Crippen LogP contribution is -2.30. The van der Waals surface area contributed by atoms with E-state index in [1.807, 2.05) is 0 Å². The number of benzene rings is 1. The Bertz CT molecular complexity index is 453. The van der Waals surface area contributed by atoms with Crippen LogP contribution in [0.1, 0.15) is 36.0 Å². The van der Waals surface area contributed by atoms with Gasteiger partial charge in [0, 0.05) is 24.5 Å². The Kier molecular flexibility index (Phi) is 5.24. The highest BCUT2D eigenvalue weighted by atomic mass is 16.1. The van der Waals surface area contributed by atoms with Gasteiger partial charge >= 0.3 is 0 Å². The van der Waals surface area contributed by atoms with Crippen LogP contribution in [0, 0.1) is 0 Å². The molecule has 110 valence electrons. The van der Waals surface area contributed by atoms with E-state index in [0.717, 1.165) is 18.8 Å². The summed E-state index contributed by atoms with van der Waals surface area (Å²) in [6.07, 6.45) is 5.24. The van der Waals surface area contributed by atoms with Gasteiger partial charge in [0.15, 0.2) is 0 Å². The van der Waals surface area contributed by atoms with Crippen molar-refractivity contribution in [2.75, 3.05) is 37.2 Å².